The first-order valence-corrected chi connectivity index (χ1v) is 9.68. The zero-order chi connectivity index (χ0) is 14.0. The Labute approximate surface area is 112 Å². The van der Waals surface area contributed by atoms with E-state index in [4.69, 9.17) is 9.16 Å². The Hall–Kier alpha value is -0.163. The predicted octanol–water partition coefficient (Wildman–Crippen LogP) is 3.10. The zero-order valence-corrected chi connectivity index (χ0v) is 13.4. The molecule has 4 heteroatoms. The lowest BCUT2D eigenvalue weighted by Crippen LogP contribution is -2.48. The van der Waals surface area contributed by atoms with Crippen molar-refractivity contribution >= 4 is 8.32 Å². The Morgan fingerprint density at radius 3 is 2.61 bits per heavy atom. The van der Waals surface area contributed by atoms with E-state index in [9.17, 15) is 5.11 Å². The van der Waals surface area contributed by atoms with Crippen LogP contribution in [0.4, 0.5) is 0 Å². The second-order valence-electron chi connectivity index (χ2n) is 6.63. The average Bonchev–Trinajstić information content (AvgIpc) is 2.63. The predicted molar refractivity (Wildman–Crippen MR) is 77.2 cm³/mol. The molecule has 1 saturated heterocycles. The van der Waals surface area contributed by atoms with Gasteiger partial charge in [-0.15, -0.1) is 6.58 Å². The highest BCUT2D eigenvalue weighted by atomic mass is 28.4. The SMILES string of the molecule is C=CC[C@@H](O)[C@H]1OCCC1O[Si](C)(C)C(C)(C)C. The third kappa shape index (κ3) is 3.67. The Morgan fingerprint density at radius 2 is 2.11 bits per heavy atom. The van der Waals surface area contributed by atoms with Gasteiger partial charge in [-0.2, -0.15) is 0 Å². The molecule has 1 rings (SSSR count). The van der Waals surface area contributed by atoms with Gasteiger partial charge in [-0.25, -0.2) is 0 Å². The number of aliphatic hydroxyl groups is 1. The molecule has 0 aromatic carbocycles. The molecule has 0 amide bonds. The molecule has 1 heterocycles. The fourth-order valence-corrected chi connectivity index (χ4v) is 3.30. The van der Waals surface area contributed by atoms with Crippen LogP contribution in [0.5, 0.6) is 0 Å². The number of ether oxygens (including phenoxy) is 1. The summed E-state index contributed by atoms with van der Waals surface area (Å²) in [6.45, 7) is 15.5. The van der Waals surface area contributed by atoms with Gasteiger partial charge in [0.2, 0.25) is 0 Å². The lowest BCUT2D eigenvalue weighted by Gasteiger charge is -2.39. The van der Waals surface area contributed by atoms with Crippen LogP contribution >= 0.6 is 0 Å². The van der Waals surface area contributed by atoms with Gasteiger partial charge in [0.25, 0.3) is 0 Å². The van der Waals surface area contributed by atoms with E-state index >= 15 is 0 Å². The van der Waals surface area contributed by atoms with Gasteiger partial charge in [-0.1, -0.05) is 26.8 Å². The van der Waals surface area contributed by atoms with Crippen LogP contribution in [0.1, 0.15) is 33.6 Å². The molecular weight excluding hydrogens is 244 g/mol. The third-order valence-electron chi connectivity index (χ3n) is 4.12. The summed E-state index contributed by atoms with van der Waals surface area (Å²) in [4.78, 5) is 0. The Bertz CT molecular complexity index is 283. The lowest BCUT2D eigenvalue weighted by molar-refractivity contribution is -0.0399. The second-order valence-corrected chi connectivity index (χ2v) is 11.4. The average molecular weight is 272 g/mol. The first-order chi connectivity index (χ1) is 8.19. The molecule has 0 aliphatic carbocycles. The van der Waals surface area contributed by atoms with E-state index in [-0.39, 0.29) is 17.2 Å². The molecule has 1 fully saturated rings. The summed E-state index contributed by atoms with van der Waals surface area (Å²) in [7, 11) is -1.80. The highest BCUT2D eigenvalue weighted by Gasteiger charge is 2.43. The van der Waals surface area contributed by atoms with Gasteiger partial charge >= 0.3 is 0 Å². The van der Waals surface area contributed by atoms with Crippen LogP contribution in [0.2, 0.25) is 18.1 Å². The van der Waals surface area contributed by atoms with Crippen LogP contribution in [0.25, 0.3) is 0 Å². The summed E-state index contributed by atoms with van der Waals surface area (Å²) in [5, 5.41) is 10.2. The summed E-state index contributed by atoms with van der Waals surface area (Å²) in [5.74, 6) is 0. The van der Waals surface area contributed by atoms with Crippen molar-refractivity contribution in [1.29, 1.82) is 0 Å². The van der Waals surface area contributed by atoms with Gasteiger partial charge in [-0.05, 0) is 31.0 Å². The Kier molecular flexibility index (Phi) is 5.18. The Balaban J connectivity index is 2.68. The van der Waals surface area contributed by atoms with Gasteiger partial charge in [0.1, 0.15) is 6.10 Å². The highest BCUT2D eigenvalue weighted by Crippen LogP contribution is 2.39. The molecule has 1 unspecified atom stereocenters. The maximum absolute atomic E-state index is 10.1. The van der Waals surface area contributed by atoms with Gasteiger partial charge in [0.15, 0.2) is 8.32 Å². The fraction of sp³-hybridized carbons (Fsp3) is 0.857. The van der Waals surface area contributed by atoms with Crippen LogP contribution in [0.3, 0.4) is 0 Å². The third-order valence-corrected chi connectivity index (χ3v) is 8.62. The van der Waals surface area contributed by atoms with Crippen molar-refractivity contribution in [2.75, 3.05) is 6.61 Å². The van der Waals surface area contributed by atoms with E-state index in [2.05, 4.69) is 40.4 Å². The van der Waals surface area contributed by atoms with Crippen molar-refractivity contribution in [2.24, 2.45) is 0 Å². The smallest absolute Gasteiger partial charge is 0.192 e. The van der Waals surface area contributed by atoms with Gasteiger partial charge < -0.3 is 14.3 Å². The van der Waals surface area contributed by atoms with Crippen molar-refractivity contribution in [2.45, 2.75) is 70.1 Å². The van der Waals surface area contributed by atoms with E-state index in [1.54, 1.807) is 6.08 Å². The van der Waals surface area contributed by atoms with Crippen LogP contribution < -0.4 is 0 Å². The molecular formula is C14H28O3Si. The van der Waals surface area contributed by atoms with Crippen molar-refractivity contribution in [1.82, 2.24) is 0 Å². The maximum Gasteiger partial charge on any atom is 0.192 e. The molecule has 1 aliphatic rings. The largest absolute Gasteiger partial charge is 0.411 e. The van der Waals surface area contributed by atoms with Crippen LogP contribution in [-0.4, -0.2) is 38.3 Å². The lowest BCUT2D eigenvalue weighted by atomic mass is 10.1. The van der Waals surface area contributed by atoms with Crippen molar-refractivity contribution in [3.8, 4) is 0 Å². The van der Waals surface area contributed by atoms with E-state index < -0.39 is 14.4 Å². The summed E-state index contributed by atoms with van der Waals surface area (Å²) in [5.41, 5.74) is 0. The molecule has 1 aliphatic heterocycles. The monoisotopic (exact) mass is 272 g/mol. The van der Waals surface area contributed by atoms with Gasteiger partial charge in [0, 0.05) is 6.61 Å². The first-order valence-electron chi connectivity index (χ1n) is 6.77. The molecule has 0 saturated carbocycles. The van der Waals surface area contributed by atoms with E-state index in [0.717, 1.165) is 6.42 Å². The summed E-state index contributed by atoms with van der Waals surface area (Å²) in [6.07, 6.45) is 2.50. The first kappa shape index (κ1) is 15.9. The number of rotatable bonds is 5. The second kappa shape index (κ2) is 5.86. The van der Waals surface area contributed by atoms with Crippen molar-refractivity contribution in [3.63, 3.8) is 0 Å². The van der Waals surface area contributed by atoms with E-state index in [0.29, 0.717) is 13.0 Å². The minimum Gasteiger partial charge on any atom is -0.411 e. The van der Waals surface area contributed by atoms with Crippen LogP contribution in [0.15, 0.2) is 12.7 Å². The number of aliphatic hydroxyl groups excluding tert-OH is 1. The molecule has 3 atom stereocenters. The normalized spacial score (nSPS) is 27.2. The summed E-state index contributed by atoms with van der Waals surface area (Å²) >= 11 is 0. The molecule has 0 radical (unpaired) electrons. The standard InChI is InChI=1S/C14H28O3Si/c1-7-8-11(15)13-12(9-10-16-13)17-18(5,6)14(2,3)4/h7,11-13,15H,1,8-10H2,2-6H3/t11-,12?,13-/m1/s1. The zero-order valence-electron chi connectivity index (χ0n) is 12.4. The van der Waals surface area contributed by atoms with Crippen LogP contribution in [-0.2, 0) is 9.16 Å². The fourth-order valence-electron chi connectivity index (χ4n) is 1.94. The quantitative estimate of drug-likeness (QED) is 0.617. The van der Waals surface area contributed by atoms with Crippen molar-refractivity contribution < 1.29 is 14.3 Å². The molecule has 0 aromatic heterocycles. The molecule has 3 nitrogen and oxygen atoms in total. The molecule has 18 heavy (non-hydrogen) atoms. The number of hydrogen-bond acceptors (Lipinski definition) is 3. The Morgan fingerprint density at radius 1 is 1.50 bits per heavy atom. The molecule has 0 bridgehead atoms. The minimum absolute atomic E-state index is 0.0286. The molecule has 0 aromatic rings. The van der Waals surface area contributed by atoms with Gasteiger partial charge in [0.05, 0.1) is 12.2 Å². The number of hydrogen-bond donors (Lipinski definition) is 1. The van der Waals surface area contributed by atoms with Crippen molar-refractivity contribution in [3.05, 3.63) is 12.7 Å². The topological polar surface area (TPSA) is 38.7 Å². The summed E-state index contributed by atoms with van der Waals surface area (Å²) in [6, 6.07) is 0. The van der Waals surface area contributed by atoms with E-state index in [1.165, 1.54) is 0 Å². The van der Waals surface area contributed by atoms with Crippen LogP contribution in [0, 0.1) is 0 Å². The van der Waals surface area contributed by atoms with Gasteiger partial charge in [-0.3, -0.25) is 0 Å². The highest BCUT2D eigenvalue weighted by molar-refractivity contribution is 6.74. The molecule has 0 spiro atoms. The molecule has 106 valence electrons. The maximum atomic E-state index is 10.1. The summed E-state index contributed by atoms with van der Waals surface area (Å²) < 4.78 is 12.0. The minimum atomic E-state index is -1.80. The molecule has 1 N–H and O–H groups in total. The van der Waals surface area contributed by atoms with E-state index in [1.807, 2.05) is 0 Å².